The van der Waals surface area contributed by atoms with Gasteiger partial charge in [0.05, 0.1) is 5.75 Å². The third-order valence-corrected chi connectivity index (χ3v) is 10.3. The lowest BCUT2D eigenvalue weighted by molar-refractivity contribution is -0.124. The van der Waals surface area contributed by atoms with Gasteiger partial charge in [-0.05, 0) is 82.3 Å². The predicted molar refractivity (Wildman–Crippen MR) is 167 cm³/mol. The van der Waals surface area contributed by atoms with Crippen molar-refractivity contribution in [3.05, 3.63) is 59.2 Å². The Kier molecular flexibility index (Phi) is 9.41. The quantitative estimate of drug-likeness (QED) is 0.454. The topological polar surface area (TPSA) is 127 Å². The fraction of sp³-hybridized carbons (Fsp3) is 0.531. The van der Waals surface area contributed by atoms with Crippen LogP contribution in [-0.2, 0) is 26.0 Å². The minimum absolute atomic E-state index is 0.00105. The molecule has 2 aromatic rings. The van der Waals surface area contributed by atoms with E-state index in [1.54, 1.807) is 17.0 Å². The van der Waals surface area contributed by atoms with Gasteiger partial charge in [-0.1, -0.05) is 18.2 Å². The molecular formula is C32H41FN4O7S. The van der Waals surface area contributed by atoms with E-state index in [-0.39, 0.29) is 55.5 Å². The molecule has 13 heteroatoms. The second-order valence-corrected chi connectivity index (χ2v) is 15.0. The summed E-state index contributed by atoms with van der Waals surface area (Å²) in [6.45, 7) is 8.97. The van der Waals surface area contributed by atoms with Crippen LogP contribution in [0.1, 0.15) is 63.1 Å². The maximum absolute atomic E-state index is 13.3. The number of amidine groups is 1. The van der Waals surface area contributed by atoms with Crippen molar-refractivity contribution in [2.24, 2.45) is 4.99 Å². The zero-order valence-electron chi connectivity index (χ0n) is 26.2. The van der Waals surface area contributed by atoms with Crippen LogP contribution < -0.4 is 15.0 Å². The minimum atomic E-state index is -3.57. The molecule has 5 rings (SSSR count). The molecule has 0 aliphatic carbocycles. The molecule has 0 bridgehead atoms. The summed E-state index contributed by atoms with van der Waals surface area (Å²) < 4.78 is 52.3. The predicted octanol–water partition coefficient (Wildman–Crippen LogP) is 4.32. The molecule has 1 spiro atoms. The molecule has 0 aromatic heterocycles. The largest absolute Gasteiger partial charge is 0.490 e. The van der Waals surface area contributed by atoms with Gasteiger partial charge >= 0.3 is 6.09 Å². The van der Waals surface area contributed by atoms with E-state index in [1.165, 1.54) is 16.4 Å². The molecule has 0 unspecified atom stereocenters. The number of piperidine rings is 2. The fourth-order valence-corrected chi connectivity index (χ4v) is 7.36. The van der Waals surface area contributed by atoms with Crippen LogP contribution >= 0.6 is 0 Å². The molecule has 0 radical (unpaired) electrons. The Morgan fingerprint density at radius 3 is 2.42 bits per heavy atom. The van der Waals surface area contributed by atoms with Gasteiger partial charge in [-0.15, -0.1) is 0 Å². The highest BCUT2D eigenvalue weighted by molar-refractivity contribution is 7.89. The molecule has 3 aliphatic rings. The Balaban J connectivity index is 1.12. The van der Waals surface area contributed by atoms with Crippen molar-refractivity contribution in [2.75, 3.05) is 31.9 Å². The van der Waals surface area contributed by atoms with Gasteiger partial charge in [-0.2, -0.15) is 0 Å². The Hall–Kier alpha value is -3.71. The number of aryl methyl sites for hydroxylation is 2. The second-order valence-electron chi connectivity index (χ2n) is 12.9. The van der Waals surface area contributed by atoms with Crippen LogP contribution in [0, 0.1) is 6.92 Å². The molecule has 45 heavy (non-hydrogen) atoms. The van der Waals surface area contributed by atoms with Crippen molar-refractivity contribution in [1.29, 1.82) is 0 Å². The first-order valence-electron chi connectivity index (χ1n) is 15.3. The van der Waals surface area contributed by atoms with Crippen LogP contribution in [0.5, 0.6) is 11.5 Å². The minimum Gasteiger partial charge on any atom is -0.490 e. The van der Waals surface area contributed by atoms with E-state index >= 15 is 0 Å². The van der Waals surface area contributed by atoms with Gasteiger partial charge in [0.2, 0.25) is 10.0 Å². The number of hydrogen-bond acceptors (Lipinski definition) is 8. The van der Waals surface area contributed by atoms with Gasteiger partial charge in [-0.25, -0.2) is 17.5 Å². The molecule has 2 aromatic carbocycles. The van der Waals surface area contributed by atoms with Crippen molar-refractivity contribution in [2.45, 2.75) is 77.0 Å². The van der Waals surface area contributed by atoms with Crippen LogP contribution in [0.15, 0.2) is 47.5 Å². The van der Waals surface area contributed by atoms with Gasteiger partial charge in [0.25, 0.3) is 5.91 Å². The van der Waals surface area contributed by atoms with E-state index in [9.17, 15) is 22.5 Å². The summed E-state index contributed by atoms with van der Waals surface area (Å²) in [7, 11) is -3.57. The van der Waals surface area contributed by atoms with Crippen molar-refractivity contribution >= 4 is 27.9 Å². The van der Waals surface area contributed by atoms with E-state index < -0.39 is 21.2 Å². The Labute approximate surface area is 263 Å². The number of ether oxygens (including phenoxy) is 2. The number of nitrogens with one attached hydrogen (secondary N) is 1. The van der Waals surface area contributed by atoms with Crippen LogP contribution in [0.2, 0.25) is 0 Å². The number of carbonyl (C=O) groups excluding carboxylic acids is 2. The number of benzene rings is 2. The molecular weight excluding hydrogens is 603 g/mol. The first kappa shape index (κ1) is 32.7. The average Bonchev–Trinajstić information content (AvgIpc) is 3.31. The monoisotopic (exact) mass is 644 g/mol. The van der Waals surface area contributed by atoms with Gasteiger partial charge < -0.3 is 19.7 Å². The highest BCUT2D eigenvalue weighted by Crippen LogP contribution is 2.33. The third kappa shape index (κ3) is 7.75. The number of carbonyl (C=O) groups is 2. The number of sulfonamides is 1. The summed E-state index contributed by atoms with van der Waals surface area (Å²) in [5.41, 5.74) is 0.797. The van der Waals surface area contributed by atoms with Gasteiger partial charge in [0.1, 0.15) is 28.8 Å². The maximum atomic E-state index is 13.3. The SMILES string of the molecule is Cc1cc(OC2CCN(C(=O)OC(C)(C)C)CC2)ccc1CCS(=O)(=O)N1CCC2(CC1)N=C(c1cccc(OF)c1)NC2=O. The molecule has 0 saturated carbocycles. The van der Waals surface area contributed by atoms with Crippen molar-refractivity contribution in [1.82, 2.24) is 14.5 Å². The third-order valence-electron chi connectivity index (χ3n) is 8.46. The smallest absolute Gasteiger partial charge is 0.410 e. The van der Waals surface area contributed by atoms with Crippen LogP contribution in [0.3, 0.4) is 0 Å². The summed E-state index contributed by atoms with van der Waals surface area (Å²) in [5, 5.41) is 2.77. The number of halogens is 1. The van der Waals surface area contributed by atoms with Crippen molar-refractivity contribution in [3.8, 4) is 11.5 Å². The van der Waals surface area contributed by atoms with Gasteiger partial charge in [-0.3, -0.25) is 14.7 Å². The zero-order valence-corrected chi connectivity index (χ0v) is 27.0. The van der Waals surface area contributed by atoms with Crippen molar-refractivity contribution < 1.29 is 36.9 Å². The Morgan fingerprint density at radius 1 is 1.07 bits per heavy atom. The summed E-state index contributed by atoms with van der Waals surface area (Å²) in [6, 6.07) is 11.9. The molecule has 1 N–H and O–H groups in total. The van der Waals surface area contributed by atoms with E-state index in [0.717, 1.165) is 16.9 Å². The highest BCUT2D eigenvalue weighted by Gasteiger charge is 2.47. The molecule has 3 heterocycles. The first-order chi connectivity index (χ1) is 21.3. The second kappa shape index (κ2) is 13.0. The summed E-state index contributed by atoms with van der Waals surface area (Å²) in [5.74, 6) is 0.703. The standard InChI is InChI=1S/C32H41FN4O7S/c1-22-20-26(42-25-10-15-36(16-11-25)30(39)43-31(2,3)4)9-8-23(22)12-19-45(40,41)37-17-13-32(14-18-37)29(38)34-28(35-32)24-6-5-7-27(21-24)44-33/h5-9,20-21,25H,10-19H2,1-4H3,(H,34,35,38). The number of rotatable bonds is 8. The van der Waals surface area contributed by atoms with E-state index in [0.29, 0.717) is 43.8 Å². The summed E-state index contributed by atoms with van der Waals surface area (Å²) in [6.07, 6.45) is 1.93. The Bertz CT molecular complexity index is 1560. The van der Waals surface area contributed by atoms with Crippen molar-refractivity contribution in [3.63, 3.8) is 0 Å². The fourth-order valence-electron chi connectivity index (χ4n) is 5.88. The molecule has 2 saturated heterocycles. The number of hydrogen-bond donors (Lipinski definition) is 1. The normalized spacial score (nSPS) is 19.3. The summed E-state index contributed by atoms with van der Waals surface area (Å²) >= 11 is 0. The maximum Gasteiger partial charge on any atom is 0.410 e. The number of aliphatic imine (C=N–C) groups is 1. The summed E-state index contributed by atoms with van der Waals surface area (Å²) in [4.78, 5) is 35.4. The lowest BCUT2D eigenvalue weighted by atomic mass is 9.89. The number of likely N-dealkylation sites (tertiary alicyclic amines) is 1. The molecule has 2 fully saturated rings. The lowest BCUT2D eigenvalue weighted by Crippen LogP contribution is -2.50. The molecule has 3 aliphatic heterocycles. The highest BCUT2D eigenvalue weighted by atomic mass is 32.2. The molecule has 0 atom stereocenters. The van der Waals surface area contributed by atoms with Crippen LogP contribution in [0.4, 0.5) is 9.32 Å². The molecule has 2 amide bonds. The molecule has 11 nitrogen and oxygen atoms in total. The lowest BCUT2D eigenvalue weighted by Gasteiger charge is -2.34. The van der Waals surface area contributed by atoms with Gasteiger partial charge in [0.15, 0.2) is 5.75 Å². The van der Waals surface area contributed by atoms with Gasteiger partial charge in [0, 0.05) is 49.1 Å². The molecule has 244 valence electrons. The first-order valence-corrected chi connectivity index (χ1v) is 16.9. The van der Waals surface area contributed by atoms with E-state index in [4.69, 9.17) is 9.47 Å². The van der Waals surface area contributed by atoms with Crippen LogP contribution in [-0.4, -0.2) is 84.6 Å². The van der Waals surface area contributed by atoms with Crippen LogP contribution in [0.25, 0.3) is 0 Å². The average molecular weight is 645 g/mol. The zero-order chi connectivity index (χ0) is 32.4. The van der Waals surface area contributed by atoms with E-state index in [2.05, 4.69) is 15.3 Å². The Morgan fingerprint density at radius 2 is 1.78 bits per heavy atom. The number of amides is 2. The van der Waals surface area contributed by atoms with E-state index in [1.807, 2.05) is 45.9 Å². The number of nitrogens with zero attached hydrogens (tertiary/aromatic N) is 3.